The Morgan fingerprint density at radius 2 is 2.00 bits per heavy atom. The molecule has 112 valence electrons. The van der Waals surface area contributed by atoms with Gasteiger partial charge in [0.05, 0.1) is 22.2 Å². The SMILES string of the molecule is O=C(O)Cc1c(-c2cccc(Cl)c2Cl)[nH]c2ccc(F)cc12. The van der Waals surface area contributed by atoms with Crippen LogP contribution in [-0.4, -0.2) is 16.1 Å². The number of benzene rings is 2. The highest BCUT2D eigenvalue weighted by Crippen LogP contribution is 2.37. The van der Waals surface area contributed by atoms with Gasteiger partial charge in [0.15, 0.2) is 0 Å². The molecule has 0 unspecified atom stereocenters. The summed E-state index contributed by atoms with van der Waals surface area (Å²) in [5.41, 5.74) is 2.24. The minimum absolute atomic E-state index is 0.248. The maximum Gasteiger partial charge on any atom is 0.307 e. The molecule has 0 aliphatic rings. The molecule has 0 saturated carbocycles. The van der Waals surface area contributed by atoms with E-state index in [1.54, 1.807) is 24.3 Å². The lowest BCUT2D eigenvalue weighted by molar-refractivity contribution is -0.136. The van der Waals surface area contributed by atoms with E-state index in [1.807, 2.05) is 0 Å². The Hall–Kier alpha value is -2.04. The third-order valence-corrected chi connectivity index (χ3v) is 4.24. The maximum absolute atomic E-state index is 13.5. The highest BCUT2D eigenvalue weighted by molar-refractivity contribution is 6.43. The second kappa shape index (κ2) is 5.63. The molecule has 2 aromatic carbocycles. The van der Waals surface area contributed by atoms with E-state index in [2.05, 4.69) is 4.98 Å². The predicted octanol–water partition coefficient (Wildman–Crippen LogP) is 4.91. The molecule has 2 N–H and O–H groups in total. The number of H-pyrrole nitrogens is 1. The lowest BCUT2D eigenvalue weighted by Crippen LogP contribution is -2.01. The molecule has 3 rings (SSSR count). The van der Waals surface area contributed by atoms with Gasteiger partial charge in [-0.2, -0.15) is 0 Å². The van der Waals surface area contributed by atoms with E-state index in [4.69, 9.17) is 28.3 Å². The number of aliphatic carboxylic acids is 1. The van der Waals surface area contributed by atoms with E-state index in [1.165, 1.54) is 12.1 Å². The number of fused-ring (bicyclic) bond motifs is 1. The normalized spacial score (nSPS) is 11.0. The summed E-state index contributed by atoms with van der Waals surface area (Å²) < 4.78 is 13.5. The van der Waals surface area contributed by atoms with Crippen molar-refractivity contribution in [3.63, 3.8) is 0 Å². The fourth-order valence-corrected chi connectivity index (χ4v) is 2.88. The Labute approximate surface area is 135 Å². The molecule has 6 heteroatoms. The van der Waals surface area contributed by atoms with Crippen LogP contribution in [0.25, 0.3) is 22.2 Å². The Morgan fingerprint density at radius 3 is 2.73 bits per heavy atom. The van der Waals surface area contributed by atoms with E-state index in [-0.39, 0.29) is 6.42 Å². The Morgan fingerprint density at radius 1 is 1.23 bits per heavy atom. The van der Waals surface area contributed by atoms with Gasteiger partial charge in [-0.15, -0.1) is 0 Å². The second-order valence-electron chi connectivity index (χ2n) is 4.84. The Bertz CT molecular complexity index is 889. The summed E-state index contributed by atoms with van der Waals surface area (Å²) in [5.74, 6) is -1.44. The second-order valence-corrected chi connectivity index (χ2v) is 5.63. The van der Waals surface area contributed by atoms with E-state index in [0.717, 1.165) is 0 Å². The summed E-state index contributed by atoms with van der Waals surface area (Å²) in [4.78, 5) is 14.3. The number of carboxylic acids is 1. The minimum atomic E-state index is -1.01. The molecule has 0 fully saturated rings. The lowest BCUT2D eigenvalue weighted by Gasteiger charge is -2.06. The smallest absolute Gasteiger partial charge is 0.307 e. The first kappa shape index (κ1) is 14.9. The summed E-state index contributed by atoms with van der Waals surface area (Å²) in [5, 5.41) is 10.4. The van der Waals surface area contributed by atoms with Crippen molar-refractivity contribution in [1.82, 2.24) is 4.98 Å². The number of hydrogen-bond donors (Lipinski definition) is 2. The van der Waals surface area contributed by atoms with Crippen LogP contribution in [0.2, 0.25) is 10.0 Å². The molecule has 3 aromatic rings. The highest BCUT2D eigenvalue weighted by atomic mass is 35.5. The third kappa shape index (κ3) is 2.56. The molecular formula is C16H10Cl2FNO2. The molecular weight excluding hydrogens is 328 g/mol. The number of halogens is 3. The van der Waals surface area contributed by atoms with Crippen LogP contribution in [0.1, 0.15) is 5.56 Å². The Balaban J connectivity index is 2.32. The molecule has 3 nitrogen and oxygen atoms in total. The van der Waals surface area contributed by atoms with Crippen molar-refractivity contribution in [3.8, 4) is 11.3 Å². The van der Waals surface area contributed by atoms with Gasteiger partial charge in [0, 0.05) is 16.5 Å². The molecule has 0 aliphatic heterocycles. The van der Waals surface area contributed by atoms with Crippen LogP contribution < -0.4 is 0 Å². The van der Waals surface area contributed by atoms with Crippen LogP contribution >= 0.6 is 23.2 Å². The molecule has 0 spiro atoms. The summed E-state index contributed by atoms with van der Waals surface area (Å²) in [7, 11) is 0. The number of aromatic nitrogens is 1. The van der Waals surface area contributed by atoms with Crippen molar-refractivity contribution in [3.05, 3.63) is 57.8 Å². The Kier molecular flexibility index (Phi) is 3.81. The standard InChI is InChI=1S/C16H10Cl2FNO2/c17-12-3-1-2-9(15(12)18)16-11(7-14(21)22)10-6-8(19)4-5-13(10)20-16/h1-6,20H,7H2,(H,21,22). The number of rotatable bonds is 3. The molecule has 0 radical (unpaired) electrons. The van der Waals surface area contributed by atoms with Gasteiger partial charge in [-0.3, -0.25) is 4.79 Å². The van der Waals surface area contributed by atoms with Gasteiger partial charge in [0.25, 0.3) is 0 Å². The zero-order chi connectivity index (χ0) is 15.9. The van der Waals surface area contributed by atoms with Gasteiger partial charge in [-0.1, -0.05) is 35.3 Å². The lowest BCUT2D eigenvalue weighted by atomic mass is 10.0. The number of nitrogens with one attached hydrogen (secondary N) is 1. The number of carbonyl (C=O) groups is 1. The van der Waals surface area contributed by atoms with E-state index in [0.29, 0.717) is 37.8 Å². The molecule has 0 amide bonds. The van der Waals surface area contributed by atoms with Gasteiger partial charge < -0.3 is 10.1 Å². The summed E-state index contributed by atoms with van der Waals surface area (Å²) in [6.45, 7) is 0. The van der Waals surface area contributed by atoms with Crippen LogP contribution in [-0.2, 0) is 11.2 Å². The first-order valence-electron chi connectivity index (χ1n) is 6.43. The van der Waals surface area contributed by atoms with Crippen LogP contribution in [0.3, 0.4) is 0 Å². The summed E-state index contributed by atoms with van der Waals surface area (Å²) in [6, 6.07) is 9.30. The summed E-state index contributed by atoms with van der Waals surface area (Å²) >= 11 is 12.2. The fourth-order valence-electron chi connectivity index (χ4n) is 2.48. The predicted molar refractivity (Wildman–Crippen MR) is 85.1 cm³/mol. The first-order chi connectivity index (χ1) is 10.5. The summed E-state index contributed by atoms with van der Waals surface area (Å²) in [6.07, 6.45) is -0.248. The first-order valence-corrected chi connectivity index (χ1v) is 7.19. The number of hydrogen-bond acceptors (Lipinski definition) is 1. The topological polar surface area (TPSA) is 53.1 Å². The zero-order valence-electron chi connectivity index (χ0n) is 11.2. The van der Waals surface area contributed by atoms with Crippen molar-refractivity contribution in [2.24, 2.45) is 0 Å². The van der Waals surface area contributed by atoms with Crippen molar-refractivity contribution in [2.75, 3.05) is 0 Å². The van der Waals surface area contributed by atoms with Crippen molar-refractivity contribution < 1.29 is 14.3 Å². The van der Waals surface area contributed by atoms with Crippen molar-refractivity contribution >= 4 is 40.1 Å². The third-order valence-electron chi connectivity index (χ3n) is 3.42. The fraction of sp³-hybridized carbons (Fsp3) is 0.0625. The molecule has 0 aliphatic carbocycles. The van der Waals surface area contributed by atoms with Gasteiger partial charge in [0.2, 0.25) is 0 Å². The molecule has 1 heterocycles. The van der Waals surface area contributed by atoms with E-state index in [9.17, 15) is 9.18 Å². The average Bonchev–Trinajstić information content (AvgIpc) is 2.79. The maximum atomic E-state index is 13.5. The van der Waals surface area contributed by atoms with Crippen molar-refractivity contribution in [1.29, 1.82) is 0 Å². The molecule has 22 heavy (non-hydrogen) atoms. The van der Waals surface area contributed by atoms with Crippen LogP contribution in [0.5, 0.6) is 0 Å². The highest BCUT2D eigenvalue weighted by Gasteiger charge is 2.19. The van der Waals surface area contributed by atoms with Gasteiger partial charge in [0.1, 0.15) is 5.82 Å². The van der Waals surface area contributed by atoms with Crippen LogP contribution in [0.4, 0.5) is 4.39 Å². The largest absolute Gasteiger partial charge is 0.481 e. The van der Waals surface area contributed by atoms with E-state index < -0.39 is 11.8 Å². The minimum Gasteiger partial charge on any atom is -0.481 e. The van der Waals surface area contributed by atoms with Crippen LogP contribution in [0, 0.1) is 5.82 Å². The van der Waals surface area contributed by atoms with Gasteiger partial charge in [-0.25, -0.2) is 4.39 Å². The zero-order valence-corrected chi connectivity index (χ0v) is 12.7. The van der Waals surface area contributed by atoms with Crippen molar-refractivity contribution in [2.45, 2.75) is 6.42 Å². The molecule has 1 aromatic heterocycles. The number of carboxylic acid groups (broad SMARTS) is 1. The molecule has 0 atom stereocenters. The average molecular weight is 338 g/mol. The molecule has 0 bridgehead atoms. The van der Waals surface area contributed by atoms with Gasteiger partial charge in [-0.05, 0) is 29.8 Å². The quantitative estimate of drug-likeness (QED) is 0.713. The van der Waals surface area contributed by atoms with Gasteiger partial charge >= 0.3 is 5.97 Å². The monoisotopic (exact) mass is 337 g/mol. The van der Waals surface area contributed by atoms with Crippen LogP contribution in [0.15, 0.2) is 36.4 Å². The number of aromatic amines is 1. The van der Waals surface area contributed by atoms with E-state index >= 15 is 0 Å². The molecule has 0 saturated heterocycles.